The molecule has 0 aliphatic rings. The third kappa shape index (κ3) is 4.77. The molecule has 220 valence electrons. The minimum atomic E-state index is 0.692. The van der Waals surface area contributed by atoms with Gasteiger partial charge in [-0.15, -0.1) is 0 Å². The average Bonchev–Trinajstić information content (AvgIpc) is 3.49. The van der Waals surface area contributed by atoms with Gasteiger partial charge in [0.15, 0.2) is 5.82 Å². The third-order valence-electron chi connectivity index (χ3n) is 9.04. The van der Waals surface area contributed by atoms with E-state index in [0.29, 0.717) is 5.82 Å². The lowest BCUT2D eigenvalue weighted by Gasteiger charge is -2.13. The molecule has 47 heavy (non-hydrogen) atoms. The summed E-state index contributed by atoms with van der Waals surface area (Å²) in [5.41, 5.74) is 9.87. The lowest BCUT2D eigenvalue weighted by molar-refractivity contribution is 1.05. The van der Waals surface area contributed by atoms with E-state index in [0.717, 1.165) is 39.2 Å². The van der Waals surface area contributed by atoms with Gasteiger partial charge in [0.05, 0.1) is 16.7 Å². The minimum Gasteiger partial charge on any atom is -0.294 e. The van der Waals surface area contributed by atoms with Crippen LogP contribution in [-0.4, -0.2) is 14.5 Å². The van der Waals surface area contributed by atoms with Crippen molar-refractivity contribution in [3.8, 4) is 50.7 Å². The van der Waals surface area contributed by atoms with Crippen LogP contribution < -0.4 is 0 Å². The fourth-order valence-electron chi connectivity index (χ4n) is 6.74. The molecule has 0 saturated carbocycles. The molecule has 9 rings (SSSR count). The summed E-state index contributed by atoms with van der Waals surface area (Å²) < 4.78 is 2.30. The maximum Gasteiger partial charge on any atom is 0.162 e. The number of para-hydroxylation sites is 1. The Morgan fingerprint density at radius 3 is 1.77 bits per heavy atom. The van der Waals surface area contributed by atoms with E-state index in [-0.39, 0.29) is 0 Å². The Bertz CT molecular complexity index is 2540. The van der Waals surface area contributed by atoms with Crippen LogP contribution in [0.15, 0.2) is 176 Å². The van der Waals surface area contributed by atoms with Crippen molar-refractivity contribution in [1.82, 2.24) is 14.5 Å². The van der Waals surface area contributed by atoms with Crippen molar-refractivity contribution < 1.29 is 0 Å². The Labute approximate surface area is 273 Å². The van der Waals surface area contributed by atoms with Gasteiger partial charge in [0.1, 0.15) is 5.82 Å². The Morgan fingerprint density at radius 2 is 0.957 bits per heavy atom. The topological polar surface area (TPSA) is 30.7 Å². The number of rotatable bonds is 5. The second-order valence-corrected chi connectivity index (χ2v) is 11.9. The van der Waals surface area contributed by atoms with Crippen molar-refractivity contribution in [3.63, 3.8) is 0 Å². The molecular weight excluding hydrogens is 571 g/mol. The van der Waals surface area contributed by atoms with Gasteiger partial charge in [0.25, 0.3) is 0 Å². The summed E-state index contributed by atoms with van der Waals surface area (Å²) in [4.78, 5) is 10.4. The fraction of sp³-hybridized carbons (Fsp3) is 0. The smallest absolute Gasteiger partial charge is 0.162 e. The highest BCUT2D eigenvalue weighted by Gasteiger charge is 2.17. The number of nitrogens with zero attached hydrogens (tertiary/aromatic N) is 3. The summed E-state index contributed by atoms with van der Waals surface area (Å²) in [5.74, 6) is 1.53. The quantitative estimate of drug-likeness (QED) is 0.197. The molecule has 0 atom stereocenters. The van der Waals surface area contributed by atoms with Crippen LogP contribution in [0.3, 0.4) is 0 Å². The summed E-state index contributed by atoms with van der Waals surface area (Å²) in [7, 11) is 0. The van der Waals surface area contributed by atoms with Gasteiger partial charge in [-0.05, 0) is 45.2 Å². The number of benzene rings is 7. The largest absolute Gasteiger partial charge is 0.294 e. The van der Waals surface area contributed by atoms with Gasteiger partial charge in [-0.25, -0.2) is 9.97 Å². The molecule has 0 aliphatic heterocycles. The molecule has 0 amide bonds. The van der Waals surface area contributed by atoms with E-state index in [2.05, 4.69) is 168 Å². The van der Waals surface area contributed by atoms with Crippen LogP contribution in [0.4, 0.5) is 0 Å². The highest BCUT2D eigenvalue weighted by Crippen LogP contribution is 2.37. The van der Waals surface area contributed by atoms with E-state index in [1.54, 1.807) is 0 Å². The van der Waals surface area contributed by atoms with Gasteiger partial charge in [-0.3, -0.25) is 4.57 Å². The molecule has 3 nitrogen and oxygen atoms in total. The summed E-state index contributed by atoms with van der Waals surface area (Å²) >= 11 is 0. The number of fused-ring (bicyclic) bond motifs is 4. The monoisotopic (exact) mass is 599 g/mol. The predicted molar refractivity (Wildman–Crippen MR) is 196 cm³/mol. The Morgan fingerprint density at radius 1 is 0.362 bits per heavy atom. The summed E-state index contributed by atoms with van der Waals surface area (Å²) in [6.07, 6.45) is 0. The zero-order valence-corrected chi connectivity index (χ0v) is 25.6. The van der Waals surface area contributed by atoms with Crippen LogP contribution in [-0.2, 0) is 0 Å². The van der Waals surface area contributed by atoms with Crippen molar-refractivity contribution in [2.45, 2.75) is 0 Å². The molecule has 0 radical (unpaired) electrons. The molecule has 9 aromatic rings. The molecule has 7 aromatic carbocycles. The highest BCUT2D eigenvalue weighted by atomic mass is 15.1. The highest BCUT2D eigenvalue weighted by molar-refractivity contribution is 6.11. The first-order valence-electron chi connectivity index (χ1n) is 15.9. The molecule has 0 fully saturated rings. The van der Waals surface area contributed by atoms with Crippen LogP contribution in [0, 0.1) is 0 Å². The van der Waals surface area contributed by atoms with Crippen LogP contribution in [0.25, 0.3) is 83.3 Å². The predicted octanol–water partition coefficient (Wildman–Crippen LogP) is 11.4. The molecule has 2 aromatic heterocycles. The molecule has 0 N–H and O–H groups in total. The second-order valence-electron chi connectivity index (χ2n) is 11.9. The molecule has 0 saturated heterocycles. The van der Waals surface area contributed by atoms with E-state index < -0.39 is 0 Å². The van der Waals surface area contributed by atoms with E-state index in [1.165, 1.54) is 38.2 Å². The molecule has 0 unspecified atom stereocenters. The maximum absolute atomic E-state index is 5.28. The number of aromatic nitrogens is 3. The normalized spacial score (nSPS) is 11.4. The van der Waals surface area contributed by atoms with Gasteiger partial charge in [0.2, 0.25) is 0 Å². The van der Waals surface area contributed by atoms with Crippen molar-refractivity contribution in [1.29, 1.82) is 0 Å². The SMILES string of the molecule is c1ccc(-c2ccc(-c3nc(-c4ccccc4)cc(-n4c5ccccc5c5ccc(-c6cccc7ccccc67)cc54)n3)cc2)cc1. The Hall–Kier alpha value is -6.32. The Balaban J connectivity index is 1.28. The van der Waals surface area contributed by atoms with E-state index in [1.807, 2.05) is 12.1 Å². The lowest BCUT2D eigenvalue weighted by atomic mass is 9.97. The van der Waals surface area contributed by atoms with Crippen LogP contribution in [0.2, 0.25) is 0 Å². The Kier molecular flexibility index (Phi) is 6.46. The first-order chi connectivity index (χ1) is 23.3. The van der Waals surface area contributed by atoms with Crippen LogP contribution in [0.5, 0.6) is 0 Å². The van der Waals surface area contributed by atoms with Gasteiger partial charge >= 0.3 is 0 Å². The molecular formula is C44H29N3. The van der Waals surface area contributed by atoms with Crippen molar-refractivity contribution in [2.75, 3.05) is 0 Å². The molecule has 0 bridgehead atoms. The second kappa shape index (κ2) is 11.2. The fourth-order valence-corrected chi connectivity index (χ4v) is 6.74. The van der Waals surface area contributed by atoms with Crippen molar-refractivity contribution in [2.24, 2.45) is 0 Å². The van der Waals surface area contributed by atoms with Crippen molar-refractivity contribution >= 4 is 32.6 Å². The molecule has 0 spiro atoms. The van der Waals surface area contributed by atoms with E-state index >= 15 is 0 Å². The van der Waals surface area contributed by atoms with Crippen LogP contribution in [0.1, 0.15) is 0 Å². The van der Waals surface area contributed by atoms with E-state index in [9.17, 15) is 0 Å². The minimum absolute atomic E-state index is 0.692. The van der Waals surface area contributed by atoms with Gasteiger partial charge in [0, 0.05) is 28.0 Å². The summed E-state index contributed by atoms with van der Waals surface area (Å²) in [5, 5.41) is 4.86. The van der Waals surface area contributed by atoms with E-state index in [4.69, 9.17) is 9.97 Å². The summed E-state index contributed by atoms with van der Waals surface area (Å²) in [6, 6.07) is 62.0. The molecule has 2 heterocycles. The van der Waals surface area contributed by atoms with Gasteiger partial charge in [-0.1, -0.05) is 158 Å². The molecule has 0 aliphatic carbocycles. The number of hydrogen-bond acceptors (Lipinski definition) is 2. The van der Waals surface area contributed by atoms with Gasteiger partial charge < -0.3 is 0 Å². The summed E-state index contributed by atoms with van der Waals surface area (Å²) in [6.45, 7) is 0. The van der Waals surface area contributed by atoms with Gasteiger partial charge in [-0.2, -0.15) is 0 Å². The first-order valence-corrected chi connectivity index (χ1v) is 15.9. The van der Waals surface area contributed by atoms with Crippen molar-refractivity contribution in [3.05, 3.63) is 176 Å². The maximum atomic E-state index is 5.28. The lowest BCUT2D eigenvalue weighted by Crippen LogP contribution is -2.02. The molecule has 3 heteroatoms. The zero-order valence-electron chi connectivity index (χ0n) is 25.6. The number of hydrogen-bond donors (Lipinski definition) is 0. The van der Waals surface area contributed by atoms with Crippen LogP contribution >= 0.6 is 0 Å². The third-order valence-corrected chi connectivity index (χ3v) is 9.04. The average molecular weight is 600 g/mol. The standard InChI is InChI=1S/C44H29N3/c1-3-12-30(13-4-1)31-22-24-34(25-23-31)44-45-40(33-15-5-2-6-16-33)29-43(46-44)47-41-21-10-9-19-38(41)39-27-26-35(28-42(39)47)37-20-11-17-32-14-7-8-18-36(32)37/h1-29H. The zero-order chi connectivity index (χ0) is 31.2. The first kappa shape index (κ1) is 27.0.